The van der Waals surface area contributed by atoms with E-state index in [-0.39, 0.29) is 0 Å². The molecule has 0 aliphatic carbocycles. The topological polar surface area (TPSA) is 69.6 Å². The van der Waals surface area contributed by atoms with Crippen LogP contribution in [-0.4, -0.2) is 35.4 Å². The fourth-order valence-corrected chi connectivity index (χ4v) is 4.79. The molecule has 1 aliphatic rings. The van der Waals surface area contributed by atoms with Crippen LogP contribution in [-0.2, 0) is 6.61 Å². The zero-order valence-corrected chi connectivity index (χ0v) is 22.3. The fraction of sp³-hybridized carbons (Fsp3) is 0.323. The van der Waals surface area contributed by atoms with Gasteiger partial charge in [0.1, 0.15) is 6.61 Å². The van der Waals surface area contributed by atoms with Crippen molar-refractivity contribution >= 4 is 16.9 Å². The number of benzene rings is 2. The highest BCUT2D eigenvalue weighted by atomic mass is 16.5. The third-order valence-corrected chi connectivity index (χ3v) is 6.87. The second-order valence-electron chi connectivity index (χ2n) is 9.85. The highest BCUT2D eigenvalue weighted by molar-refractivity contribution is 5.81. The van der Waals surface area contributed by atoms with E-state index < -0.39 is 5.72 Å². The number of hydrogen-bond acceptors (Lipinski definition) is 6. The zero-order chi connectivity index (χ0) is 26.4. The molecule has 3 N–H and O–H groups in total. The van der Waals surface area contributed by atoms with E-state index in [1.165, 1.54) is 11.6 Å². The number of nitrogens with zero attached hydrogens (tertiary/aromatic N) is 2. The van der Waals surface area contributed by atoms with Crippen LogP contribution in [0.3, 0.4) is 0 Å². The van der Waals surface area contributed by atoms with Crippen LogP contribution in [0.1, 0.15) is 48.9 Å². The molecular formula is C31H38N4O2. The Bertz CT molecular complexity index is 1270. The second kappa shape index (κ2) is 11.5. The van der Waals surface area contributed by atoms with Crippen molar-refractivity contribution in [2.45, 2.75) is 52.0 Å². The van der Waals surface area contributed by atoms with Gasteiger partial charge in [0.2, 0.25) is 5.88 Å². The summed E-state index contributed by atoms with van der Waals surface area (Å²) in [6.07, 6.45) is 7.61. The lowest BCUT2D eigenvalue weighted by Gasteiger charge is -2.30. The Morgan fingerprint density at radius 2 is 2.05 bits per heavy atom. The Labute approximate surface area is 220 Å². The van der Waals surface area contributed by atoms with Gasteiger partial charge in [0.15, 0.2) is 5.72 Å². The molecule has 2 heterocycles. The highest BCUT2D eigenvalue weighted by Gasteiger charge is 2.25. The minimum absolute atomic E-state index is 0.354. The molecule has 3 aromatic rings. The molecule has 2 unspecified atom stereocenters. The Morgan fingerprint density at radius 3 is 2.76 bits per heavy atom. The summed E-state index contributed by atoms with van der Waals surface area (Å²) in [6, 6.07) is 19.0. The maximum absolute atomic E-state index is 10.6. The van der Waals surface area contributed by atoms with Gasteiger partial charge in [0.05, 0.1) is 11.4 Å². The predicted molar refractivity (Wildman–Crippen MR) is 153 cm³/mol. The van der Waals surface area contributed by atoms with Crippen molar-refractivity contribution in [3.05, 3.63) is 102 Å². The molecule has 1 aliphatic heterocycles. The molecule has 1 fully saturated rings. The minimum Gasteiger partial charge on any atom is -0.473 e. The van der Waals surface area contributed by atoms with E-state index in [1.807, 2.05) is 43.6 Å². The van der Waals surface area contributed by atoms with Gasteiger partial charge in [0, 0.05) is 43.7 Å². The molecule has 4 rings (SSSR count). The van der Waals surface area contributed by atoms with Crippen molar-refractivity contribution in [1.82, 2.24) is 10.3 Å². The summed E-state index contributed by atoms with van der Waals surface area (Å²) in [5.41, 5.74) is 6.16. The molecule has 6 nitrogen and oxygen atoms in total. The van der Waals surface area contributed by atoms with Crippen molar-refractivity contribution in [2.24, 2.45) is 0 Å². The fourth-order valence-electron chi connectivity index (χ4n) is 4.79. The quantitative estimate of drug-likeness (QED) is 0.240. The van der Waals surface area contributed by atoms with Gasteiger partial charge in [-0.3, -0.25) is 0 Å². The number of nitrogens with one attached hydrogen (secondary N) is 2. The van der Waals surface area contributed by atoms with Crippen molar-refractivity contribution in [3.8, 4) is 5.88 Å². The van der Waals surface area contributed by atoms with Crippen LogP contribution in [0.2, 0.25) is 0 Å². The Balaban J connectivity index is 1.57. The van der Waals surface area contributed by atoms with Gasteiger partial charge in [0.25, 0.3) is 0 Å². The van der Waals surface area contributed by atoms with Gasteiger partial charge in [-0.05, 0) is 80.1 Å². The molecule has 6 heteroatoms. The van der Waals surface area contributed by atoms with Crippen molar-refractivity contribution in [2.75, 3.05) is 23.8 Å². The molecule has 194 valence electrons. The first-order chi connectivity index (χ1) is 17.8. The lowest BCUT2D eigenvalue weighted by molar-refractivity contribution is 0.143. The maximum Gasteiger partial charge on any atom is 0.214 e. The van der Waals surface area contributed by atoms with Crippen LogP contribution < -0.4 is 20.3 Å². The SMILES string of the molecule is C=CC(C)(O)Nc1cc(COc2cc(/C(=C/NC)c3ccccc3C)ccn2)ccc1N1CCCC1C. The third kappa shape index (κ3) is 6.33. The molecular weight excluding hydrogens is 460 g/mol. The lowest BCUT2D eigenvalue weighted by Crippen LogP contribution is -2.34. The molecule has 0 radical (unpaired) electrons. The average molecular weight is 499 g/mol. The summed E-state index contributed by atoms with van der Waals surface area (Å²) in [5.74, 6) is 0.554. The number of rotatable bonds is 10. The lowest BCUT2D eigenvalue weighted by atomic mass is 9.96. The van der Waals surface area contributed by atoms with E-state index in [9.17, 15) is 5.11 Å². The van der Waals surface area contributed by atoms with E-state index in [0.29, 0.717) is 18.5 Å². The van der Waals surface area contributed by atoms with E-state index >= 15 is 0 Å². The van der Waals surface area contributed by atoms with Crippen molar-refractivity contribution in [3.63, 3.8) is 0 Å². The summed E-state index contributed by atoms with van der Waals surface area (Å²) in [7, 11) is 1.90. The Kier molecular flexibility index (Phi) is 8.19. The Morgan fingerprint density at radius 1 is 1.24 bits per heavy atom. The van der Waals surface area contributed by atoms with Gasteiger partial charge in [-0.1, -0.05) is 36.9 Å². The molecule has 2 atom stereocenters. The first-order valence-electron chi connectivity index (χ1n) is 12.9. The van der Waals surface area contributed by atoms with Gasteiger partial charge in [-0.2, -0.15) is 0 Å². The summed E-state index contributed by atoms with van der Waals surface area (Å²) >= 11 is 0. The molecule has 1 saturated heterocycles. The second-order valence-corrected chi connectivity index (χ2v) is 9.85. The number of ether oxygens (including phenoxy) is 1. The Hall–Kier alpha value is -3.77. The number of aryl methyl sites for hydroxylation is 1. The normalized spacial score (nSPS) is 17.3. The van der Waals surface area contributed by atoms with Crippen LogP contribution in [0.4, 0.5) is 11.4 Å². The summed E-state index contributed by atoms with van der Waals surface area (Å²) < 4.78 is 6.14. The van der Waals surface area contributed by atoms with E-state index in [2.05, 4.69) is 65.2 Å². The van der Waals surface area contributed by atoms with Gasteiger partial charge in [-0.15, -0.1) is 0 Å². The summed E-state index contributed by atoms with van der Waals surface area (Å²) in [5, 5.41) is 17.1. The van der Waals surface area contributed by atoms with E-state index in [1.54, 1.807) is 13.1 Å². The monoisotopic (exact) mass is 498 g/mol. The summed E-state index contributed by atoms with van der Waals surface area (Å²) in [6.45, 7) is 11.2. The van der Waals surface area contributed by atoms with Crippen LogP contribution in [0.25, 0.3) is 5.57 Å². The van der Waals surface area contributed by atoms with E-state index in [4.69, 9.17) is 4.74 Å². The van der Waals surface area contributed by atoms with Crippen LogP contribution in [0.5, 0.6) is 5.88 Å². The number of pyridine rings is 1. The van der Waals surface area contributed by atoms with Crippen LogP contribution in [0.15, 0.2) is 79.6 Å². The number of hydrogen-bond donors (Lipinski definition) is 3. The number of anilines is 2. The molecule has 37 heavy (non-hydrogen) atoms. The average Bonchev–Trinajstić information content (AvgIpc) is 3.32. The molecule has 2 aromatic carbocycles. The minimum atomic E-state index is -1.22. The number of aliphatic hydroxyl groups is 1. The maximum atomic E-state index is 10.6. The predicted octanol–water partition coefficient (Wildman–Crippen LogP) is 5.87. The third-order valence-electron chi connectivity index (χ3n) is 6.87. The standard InChI is InChI=1S/C31H38N4O2/c1-6-31(4,36)34-28-18-24(13-14-29(28)35-17-9-11-23(35)3)21-37-30-19-25(15-16-33-30)27(20-32-5)26-12-8-7-10-22(26)2/h6-8,10,12-16,18-20,23,32,34,36H,1,9,11,17,21H2,2-5H3/b27-20-. The van der Waals surface area contributed by atoms with E-state index in [0.717, 1.165) is 53.0 Å². The van der Waals surface area contributed by atoms with Crippen molar-refractivity contribution < 1.29 is 9.84 Å². The van der Waals surface area contributed by atoms with Gasteiger partial charge in [-0.25, -0.2) is 4.98 Å². The van der Waals surface area contributed by atoms with Crippen LogP contribution in [0, 0.1) is 6.92 Å². The highest BCUT2D eigenvalue weighted by Crippen LogP contribution is 2.35. The smallest absolute Gasteiger partial charge is 0.214 e. The first kappa shape index (κ1) is 26.3. The molecule has 1 aromatic heterocycles. The molecule has 0 bridgehead atoms. The molecule has 0 spiro atoms. The van der Waals surface area contributed by atoms with Gasteiger partial charge >= 0.3 is 0 Å². The molecule has 0 saturated carbocycles. The van der Waals surface area contributed by atoms with Crippen molar-refractivity contribution in [1.29, 1.82) is 0 Å². The first-order valence-corrected chi connectivity index (χ1v) is 12.9. The largest absolute Gasteiger partial charge is 0.473 e. The zero-order valence-electron chi connectivity index (χ0n) is 22.3. The number of aromatic nitrogens is 1. The van der Waals surface area contributed by atoms with Gasteiger partial charge < -0.3 is 25.4 Å². The molecule has 0 amide bonds. The van der Waals surface area contributed by atoms with Crippen LogP contribution >= 0.6 is 0 Å². The summed E-state index contributed by atoms with van der Waals surface area (Å²) in [4.78, 5) is 6.84.